The zero-order valence-corrected chi connectivity index (χ0v) is 16.7. The van der Waals surface area contributed by atoms with Crippen LogP contribution >= 0.6 is 0 Å². The number of amides is 3. The van der Waals surface area contributed by atoms with Crippen molar-refractivity contribution in [3.8, 4) is 0 Å². The molecule has 0 aromatic carbocycles. The number of unbranched alkanes of at least 4 members (excludes halogenated alkanes) is 6. The maximum atomic E-state index is 11.6. The van der Waals surface area contributed by atoms with E-state index in [1.165, 1.54) is 6.92 Å². The quantitative estimate of drug-likeness (QED) is 0.129. The average molecular weight is 402 g/mol. The Hall–Kier alpha value is -2.20. The van der Waals surface area contributed by atoms with Gasteiger partial charge < -0.3 is 25.6 Å². The van der Waals surface area contributed by atoms with Crippen LogP contribution < -0.4 is 21.3 Å². The monoisotopic (exact) mass is 402 g/mol. The number of aldehydes is 1. The molecule has 0 heterocycles. The van der Waals surface area contributed by atoms with E-state index in [0.717, 1.165) is 57.8 Å². The molecule has 10 heteroatoms. The molecule has 6 N–H and O–H groups in total. The third-order valence-electron chi connectivity index (χ3n) is 4.21. The fraction of sp³-hybridized carbons (Fsp3) is 0.778. The van der Waals surface area contributed by atoms with Crippen LogP contribution in [0.15, 0.2) is 0 Å². The molecule has 0 bridgehead atoms. The fourth-order valence-electron chi connectivity index (χ4n) is 2.67. The number of carboxylic acid groups (broad SMARTS) is 2. The minimum Gasteiger partial charge on any atom is -0.465 e. The van der Waals surface area contributed by atoms with Crippen LogP contribution in [0.5, 0.6) is 0 Å². The summed E-state index contributed by atoms with van der Waals surface area (Å²) in [5, 5.41) is 27.4. The van der Waals surface area contributed by atoms with Gasteiger partial charge in [-0.1, -0.05) is 38.5 Å². The Kier molecular flexibility index (Phi) is 14.6. The lowest BCUT2D eigenvalue weighted by molar-refractivity contribution is -0.122. The van der Waals surface area contributed by atoms with E-state index in [1.54, 1.807) is 5.32 Å². The molecule has 0 rings (SSSR count). The van der Waals surface area contributed by atoms with Crippen molar-refractivity contribution in [1.82, 2.24) is 21.3 Å². The first kappa shape index (κ1) is 25.8. The number of carbonyl (C=O) groups excluding carboxylic acids is 2. The molecular weight excluding hydrogens is 368 g/mol. The molecule has 28 heavy (non-hydrogen) atoms. The highest BCUT2D eigenvalue weighted by atomic mass is 16.4. The predicted octanol–water partition coefficient (Wildman–Crippen LogP) is 1.65. The summed E-state index contributed by atoms with van der Waals surface area (Å²) in [6, 6.07) is -0.942. The van der Waals surface area contributed by atoms with Gasteiger partial charge in [0, 0.05) is 0 Å². The highest BCUT2D eigenvalue weighted by Crippen LogP contribution is 2.09. The number of nitrogens with one attached hydrogen (secondary N) is 4. The minimum atomic E-state index is -1.45. The zero-order valence-electron chi connectivity index (χ0n) is 16.7. The van der Waals surface area contributed by atoms with Gasteiger partial charge in [-0.15, -0.1) is 0 Å². The SMILES string of the molecule is CC(C=O)NCCCCCCCCCC(NC(=O)O)N[C@@H](C)C(=O)NC(=O)O. The molecule has 3 amide bonds. The van der Waals surface area contributed by atoms with E-state index in [9.17, 15) is 19.2 Å². The van der Waals surface area contributed by atoms with Gasteiger partial charge in [-0.25, -0.2) is 9.59 Å². The first-order valence-electron chi connectivity index (χ1n) is 9.74. The van der Waals surface area contributed by atoms with E-state index in [0.29, 0.717) is 6.42 Å². The molecule has 10 nitrogen and oxygen atoms in total. The molecule has 0 radical (unpaired) electrons. The Morgan fingerprint density at radius 2 is 1.46 bits per heavy atom. The van der Waals surface area contributed by atoms with Crippen LogP contribution in [0.25, 0.3) is 0 Å². The zero-order chi connectivity index (χ0) is 21.4. The number of rotatable bonds is 16. The van der Waals surface area contributed by atoms with Gasteiger partial charge in [-0.2, -0.15) is 0 Å². The van der Waals surface area contributed by atoms with Gasteiger partial charge >= 0.3 is 12.2 Å². The van der Waals surface area contributed by atoms with Gasteiger partial charge in [-0.05, 0) is 33.2 Å². The molecule has 0 aliphatic carbocycles. The molecular formula is C18H34N4O6. The lowest BCUT2D eigenvalue weighted by Gasteiger charge is -2.22. The molecule has 0 aliphatic heterocycles. The van der Waals surface area contributed by atoms with Gasteiger partial charge in [0.15, 0.2) is 0 Å². The van der Waals surface area contributed by atoms with Crippen molar-refractivity contribution in [3.05, 3.63) is 0 Å². The molecule has 0 fully saturated rings. The van der Waals surface area contributed by atoms with Gasteiger partial charge in [0.05, 0.1) is 18.2 Å². The van der Waals surface area contributed by atoms with Crippen LogP contribution in [0.3, 0.4) is 0 Å². The standard InChI is InChI=1S/C18H34N4O6/c1-13(12-23)19-11-9-7-5-3-4-6-8-10-15(21-17(25)26)20-14(2)16(24)22-18(27)28/h12-15,19-21H,3-11H2,1-2H3,(H,22,24)(H,25,26)(H,27,28)/t13?,14-,15?/m0/s1. The first-order valence-corrected chi connectivity index (χ1v) is 9.74. The van der Waals surface area contributed by atoms with E-state index in [-0.39, 0.29) is 6.04 Å². The van der Waals surface area contributed by atoms with E-state index in [4.69, 9.17) is 10.2 Å². The number of hydrogen-bond acceptors (Lipinski definition) is 6. The van der Waals surface area contributed by atoms with Crippen molar-refractivity contribution in [2.75, 3.05) is 6.54 Å². The summed E-state index contributed by atoms with van der Waals surface area (Å²) < 4.78 is 0. The Morgan fingerprint density at radius 1 is 0.893 bits per heavy atom. The van der Waals surface area contributed by atoms with Crippen LogP contribution in [0.2, 0.25) is 0 Å². The summed E-state index contributed by atoms with van der Waals surface area (Å²) in [5.74, 6) is -0.735. The predicted molar refractivity (Wildman–Crippen MR) is 104 cm³/mol. The van der Waals surface area contributed by atoms with Gasteiger partial charge in [-0.3, -0.25) is 15.4 Å². The lowest BCUT2D eigenvalue weighted by Crippen LogP contribution is -2.53. The van der Waals surface area contributed by atoms with E-state index >= 15 is 0 Å². The van der Waals surface area contributed by atoms with Crippen molar-refractivity contribution >= 4 is 24.4 Å². The Morgan fingerprint density at radius 3 is 2.00 bits per heavy atom. The molecule has 0 aromatic rings. The second-order valence-electron chi connectivity index (χ2n) is 6.83. The smallest absolute Gasteiger partial charge is 0.411 e. The number of carbonyl (C=O) groups is 4. The minimum absolute atomic E-state index is 0.0983. The molecule has 162 valence electrons. The normalized spacial score (nSPS) is 13.9. The third-order valence-corrected chi connectivity index (χ3v) is 4.21. The molecule has 2 unspecified atom stereocenters. The maximum absolute atomic E-state index is 11.6. The van der Waals surface area contributed by atoms with Crippen LogP contribution in [-0.4, -0.2) is 59.4 Å². The fourth-order valence-corrected chi connectivity index (χ4v) is 2.67. The van der Waals surface area contributed by atoms with Crippen LogP contribution in [-0.2, 0) is 9.59 Å². The van der Waals surface area contributed by atoms with Gasteiger partial charge in [0.1, 0.15) is 6.29 Å². The first-order chi connectivity index (χ1) is 13.3. The van der Waals surface area contributed by atoms with Crippen molar-refractivity contribution in [3.63, 3.8) is 0 Å². The average Bonchev–Trinajstić information content (AvgIpc) is 2.61. The van der Waals surface area contributed by atoms with Crippen LogP contribution in [0.4, 0.5) is 9.59 Å². The Balaban J connectivity index is 3.92. The Labute approximate surface area is 165 Å². The summed E-state index contributed by atoms with van der Waals surface area (Å²) in [5.41, 5.74) is 0. The van der Waals surface area contributed by atoms with Crippen LogP contribution in [0.1, 0.15) is 65.2 Å². The van der Waals surface area contributed by atoms with E-state index in [1.807, 2.05) is 6.92 Å². The van der Waals surface area contributed by atoms with Crippen molar-refractivity contribution in [1.29, 1.82) is 0 Å². The Bertz CT molecular complexity index is 489. The maximum Gasteiger partial charge on any atom is 0.411 e. The molecule has 0 spiro atoms. The number of hydrogen-bond donors (Lipinski definition) is 6. The third kappa shape index (κ3) is 14.9. The molecule has 0 aromatic heterocycles. The molecule has 0 saturated heterocycles. The molecule has 0 saturated carbocycles. The largest absolute Gasteiger partial charge is 0.465 e. The van der Waals surface area contributed by atoms with Gasteiger partial charge in [0.2, 0.25) is 5.91 Å². The molecule has 0 aliphatic rings. The highest BCUT2D eigenvalue weighted by Gasteiger charge is 2.20. The number of imide groups is 1. The highest BCUT2D eigenvalue weighted by molar-refractivity contribution is 5.93. The summed E-state index contributed by atoms with van der Waals surface area (Å²) in [6.45, 7) is 4.13. The second kappa shape index (κ2) is 15.8. The van der Waals surface area contributed by atoms with Crippen LogP contribution in [0, 0.1) is 0 Å². The second-order valence-corrected chi connectivity index (χ2v) is 6.83. The lowest BCUT2D eigenvalue weighted by atomic mass is 10.1. The van der Waals surface area contributed by atoms with Gasteiger partial charge in [0.25, 0.3) is 0 Å². The summed E-state index contributed by atoms with van der Waals surface area (Å²) in [7, 11) is 0. The summed E-state index contributed by atoms with van der Waals surface area (Å²) >= 11 is 0. The summed E-state index contributed by atoms with van der Waals surface area (Å²) in [4.78, 5) is 43.4. The van der Waals surface area contributed by atoms with E-state index in [2.05, 4.69) is 16.0 Å². The summed E-state index contributed by atoms with van der Waals surface area (Å²) in [6.07, 6.45) is 5.19. The van der Waals surface area contributed by atoms with E-state index < -0.39 is 30.3 Å². The topological polar surface area (TPSA) is 157 Å². The molecule has 3 atom stereocenters. The van der Waals surface area contributed by atoms with Crippen molar-refractivity contribution < 1.29 is 29.4 Å². The van der Waals surface area contributed by atoms with Crippen molar-refractivity contribution in [2.45, 2.75) is 83.5 Å². The van der Waals surface area contributed by atoms with Crippen molar-refractivity contribution in [2.24, 2.45) is 0 Å².